The fourth-order valence-corrected chi connectivity index (χ4v) is 3.15. The Morgan fingerprint density at radius 2 is 0.957 bits per heavy atom. The molecule has 6 nitrogen and oxygen atoms in total. The molecule has 0 heterocycles. The summed E-state index contributed by atoms with van der Waals surface area (Å²) in [6.45, 7) is 4.60. The van der Waals surface area contributed by atoms with Gasteiger partial charge < -0.3 is 0 Å². The maximum atomic E-state index is 11.7. The lowest BCUT2D eigenvalue weighted by molar-refractivity contribution is -0.125. The molecule has 1 aromatic rings. The van der Waals surface area contributed by atoms with Crippen molar-refractivity contribution in [3.63, 3.8) is 0 Å². The molecule has 1 aromatic carbocycles. The topological polar surface area (TPSA) is 74.8 Å². The normalized spacial score (nSPS) is 10.2. The molecule has 0 aromatic heterocycles. The van der Waals surface area contributed by atoms with Gasteiger partial charge in [0.15, 0.2) is 0 Å². The molecule has 124 valence electrons. The van der Waals surface area contributed by atoms with Gasteiger partial charge in [0.05, 0.1) is 26.4 Å². The summed E-state index contributed by atoms with van der Waals surface area (Å²) < 4.78 is 0. The van der Waals surface area contributed by atoms with Crippen molar-refractivity contribution in [2.75, 3.05) is 9.80 Å². The number of imide groups is 2. The Labute approximate surface area is 147 Å². The number of rotatable bonds is 2. The molecule has 0 radical (unpaired) electrons. The van der Waals surface area contributed by atoms with Crippen molar-refractivity contribution in [2.24, 2.45) is 0 Å². The second-order valence-corrected chi connectivity index (χ2v) is 5.79. The highest BCUT2D eigenvalue weighted by Gasteiger charge is 2.30. The molecule has 0 atom stereocenters. The molecule has 0 aliphatic carbocycles. The van der Waals surface area contributed by atoms with E-state index >= 15 is 0 Å². The maximum absolute atomic E-state index is 11.7. The van der Waals surface area contributed by atoms with Crippen LogP contribution in [0.2, 0.25) is 15.1 Å². The third-order valence-electron chi connectivity index (χ3n) is 2.83. The van der Waals surface area contributed by atoms with Gasteiger partial charge >= 0.3 is 0 Å². The minimum atomic E-state index is -0.633. The van der Waals surface area contributed by atoms with Gasteiger partial charge in [-0.3, -0.25) is 19.2 Å². The van der Waals surface area contributed by atoms with E-state index in [4.69, 9.17) is 34.8 Å². The van der Waals surface area contributed by atoms with E-state index in [9.17, 15) is 19.2 Å². The van der Waals surface area contributed by atoms with E-state index in [0.29, 0.717) is 0 Å². The minimum Gasteiger partial charge on any atom is -0.274 e. The monoisotopic (exact) mass is 378 g/mol. The summed E-state index contributed by atoms with van der Waals surface area (Å²) in [6.07, 6.45) is 0. The Morgan fingerprint density at radius 3 is 1.17 bits per heavy atom. The number of hydrogen-bond acceptors (Lipinski definition) is 4. The van der Waals surface area contributed by atoms with Gasteiger partial charge in [-0.05, 0) is 6.07 Å². The highest BCUT2D eigenvalue weighted by molar-refractivity contribution is 6.47. The summed E-state index contributed by atoms with van der Waals surface area (Å²) >= 11 is 18.3. The first-order valence-corrected chi connectivity index (χ1v) is 7.44. The second-order valence-electron chi connectivity index (χ2n) is 4.60. The third kappa shape index (κ3) is 3.83. The molecule has 0 aliphatic rings. The molecule has 0 N–H and O–H groups in total. The fraction of sp³-hybridized carbons (Fsp3) is 0.286. The Kier molecular flexibility index (Phi) is 6.16. The molecule has 0 bridgehead atoms. The fourth-order valence-electron chi connectivity index (χ4n) is 2.05. The quantitative estimate of drug-likeness (QED) is 0.789. The van der Waals surface area contributed by atoms with Crippen LogP contribution in [0.3, 0.4) is 0 Å². The average molecular weight is 380 g/mol. The molecule has 0 unspecified atom stereocenters. The van der Waals surface area contributed by atoms with Gasteiger partial charge in [-0.2, -0.15) is 0 Å². The van der Waals surface area contributed by atoms with Crippen molar-refractivity contribution in [3.05, 3.63) is 21.1 Å². The Morgan fingerprint density at radius 1 is 0.696 bits per heavy atom. The van der Waals surface area contributed by atoms with Crippen LogP contribution in [0.5, 0.6) is 0 Å². The van der Waals surface area contributed by atoms with Gasteiger partial charge in [0.2, 0.25) is 23.6 Å². The molecule has 0 spiro atoms. The molecular formula is C14H13Cl3N2O4. The zero-order valence-electron chi connectivity index (χ0n) is 12.7. The molecule has 0 fully saturated rings. The highest BCUT2D eigenvalue weighted by Crippen LogP contribution is 2.45. The van der Waals surface area contributed by atoms with Crippen molar-refractivity contribution in [1.29, 1.82) is 0 Å². The minimum absolute atomic E-state index is 0.0683. The summed E-state index contributed by atoms with van der Waals surface area (Å²) in [6, 6.07) is 1.21. The lowest BCUT2D eigenvalue weighted by Crippen LogP contribution is -2.36. The number of carbonyl (C=O) groups is 4. The van der Waals surface area contributed by atoms with Crippen LogP contribution < -0.4 is 9.80 Å². The maximum Gasteiger partial charge on any atom is 0.230 e. The van der Waals surface area contributed by atoms with E-state index in [-0.39, 0.29) is 26.4 Å². The summed E-state index contributed by atoms with van der Waals surface area (Å²) in [5.41, 5.74) is -0.277. The zero-order chi connectivity index (χ0) is 18.1. The first-order chi connectivity index (χ1) is 10.5. The summed E-state index contributed by atoms with van der Waals surface area (Å²) in [7, 11) is 0. The van der Waals surface area contributed by atoms with Gasteiger partial charge in [-0.15, -0.1) is 0 Å². The van der Waals surface area contributed by atoms with Crippen molar-refractivity contribution in [2.45, 2.75) is 27.7 Å². The first-order valence-electron chi connectivity index (χ1n) is 6.30. The number of hydrogen-bond donors (Lipinski definition) is 0. The van der Waals surface area contributed by atoms with Gasteiger partial charge in [0.25, 0.3) is 0 Å². The Hall–Kier alpha value is -1.63. The number of halogens is 3. The molecule has 1 rings (SSSR count). The van der Waals surface area contributed by atoms with Crippen molar-refractivity contribution in [3.8, 4) is 0 Å². The van der Waals surface area contributed by atoms with E-state index in [1.54, 1.807) is 0 Å². The van der Waals surface area contributed by atoms with E-state index in [2.05, 4.69) is 0 Å². The van der Waals surface area contributed by atoms with Gasteiger partial charge in [0.1, 0.15) is 0 Å². The number of benzene rings is 1. The van der Waals surface area contributed by atoms with Gasteiger partial charge in [-0.1, -0.05) is 34.8 Å². The average Bonchev–Trinajstić information content (AvgIpc) is 2.36. The second kappa shape index (κ2) is 7.29. The SMILES string of the molecule is CC(=O)N(C(C)=O)c1c(Cl)cc(Cl)c(N(C(C)=O)C(C)=O)c1Cl. The van der Waals surface area contributed by atoms with E-state index in [1.807, 2.05) is 0 Å². The van der Waals surface area contributed by atoms with Crippen LogP contribution in [0.25, 0.3) is 0 Å². The van der Waals surface area contributed by atoms with Crippen LogP contribution in [0.1, 0.15) is 27.7 Å². The summed E-state index contributed by atoms with van der Waals surface area (Å²) in [4.78, 5) is 48.4. The van der Waals surface area contributed by atoms with Crippen LogP contribution in [-0.4, -0.2) is 23.6 Å². The number of nitrogens with zero attached hydrogens (tertiary/aromatic N) is 2. The molecule has 4 amide bonds. The van der Waals surface area contributed by atoms with E-state index in [1.165, 1.54) is 6.07 Å². The van der Waals surface area contributed by atoms with Crippen molar-refractivity contribution < 1.29 is 19.2 Å². The molecule has 9 heteroatoms. The van der Waals surface area contributed by atoms with Crippen molar-refractivity contribution >= 4 is 69.8 Å². The van der Waals surface area contributed by atoms with Gasteiger partial charge in [0, 0.05) is 27.7 Å². The number of amides is 4. The molecule has 0 saturated carbocycles. The summed E-state index contributed by atoms with van der Waals surface area (Å²) in [5.74, 6) is -2.53. The van der Waals surface area contributed by atoms with E-state index in [0.717, 1.165) is 37.5 Å². The molecule has 0 saturated heterocycles. The largest absolute Gasteiger partial charge is 0.274 e. The number of carbonyl (C=O) groups excluding carboxylic acids is 4. The Bertz CT molecular complexity index is 634. The first kappa shape index (κ1) is 19.4. The summed E-state index contributed by atoms with van der Waals surface area (Å²) in [5, 5.41) is -0.388. The van der Waals surface area contributed by atoms with Crippen LogP contribution in [-0.2, 0) is 19.2 Å². The van der Waals surface area contributed by atoms with Crippen LogP contribution >= 0.6 is 34.8 Å². The highest BCUT2D eigenvalue weighted by atomic mass is 35.5. The van der Waals surface area contributed by atoms with Gasteiger partial charge in [-0.25, -0.2) is 9.80 Å². The smallest absolute Gasteiger partial charge is 0.230 e. The van der Waals surface area contributed by atoms with Crippen molar-refractivity contribution in [1.82, 2.24) is 0 Å². The zero-order valence-corrected chi connectivity index (χ0v) is 15.0. The third-order valence-corrected chi connectivity index (χ3v) is 3.76. The van der Waals surface area contributed by atoms with Crippen LogP contribution in [0.15, 0.2) is 6.07 Å². The lowest BCUT2D eigenvalue weighted by Gasteiger charge is -2.26. The lowest BCUT2D eigenvalue weighted by atomic mass is 10.2. The molecule has 23 heavy (non-hydrogen) atoms. The predicted molar refractivity (Wildman–Crippen MR) is 89.2 cm³/mol. The number of anilines is 2. The van der Waals surface area contributed by atoms with Crippen LogP contribution in [0.4, 0.5) is 11.4 Å². The van der Waals surface area contributed by atoms with E-state index < -0.39 is 23.6 Å². The molecule has 0 aliphatic heterocycles. The van der Waals surface area contributed by atoms with Crippen LogP contribution in [0, 0.1) is 0 Å². The Balaban J connectivity index is 3.80. The standard InChI is InChI=1S/C14H13Cl3N2O4/c1-6(20)18(7(2)21)13-10(15)5-11(16)14(12(13)17)19(8(3)22)9(4)23/h5H,1-4H3. The predicted octanol–water partition coefficient (Wildman–Crippen LogP) is 3.45. The molecular weight excluding hydrogens is 367 g/mol.